The lowest BCUT2D eigenvalue weighted by Crippen LogP contribution is -2.23. The van der Waals surface area contributed by atoms with Crippen LogP contribution in [0.1, 0.15) is 11.4 Å². The number of fused-ring (bicyclic) bond motifs is 2. The average Bonchev–Trinajstić information content (AvgIpc) is 2.91. The average molecular weight is 501 g/mol. The van der Waals surface area contributed by atoms with Crippen LogP contribution in [0.3, 0.4) is 0 Å². The molecule has 5 rings (SSSR count). The van der Waals surface area contributed by atoms with E-state index in [0.717, 1.165) is 27.5 Å². The molecule has 186 valence electrons. The number of halogens is 2. The van der Waals surface area contributed by atoms with Crippen LogP contribution in [0.15, 0.2) is 71.5 Å². The first-order valence-electron chi connectivity index (χ1n) is 11.3. The Morgan fingerprint density at radius 3 is 2.14 bits per heavy atom. The lowest BCUT2D eigenvalue weighted by molar-refractivity contribution is 0.348. The third kappa shape index (κ3) is 4.38. The second-order valence-electron chi connectivity index (χ2n) is 8.21. The Bertz CT molecular complexity index is 1740. The third-order valence-electron chi connectivity index (χ3n) is 6.06. The summed E-state index contributed by atoms with van der Waals surface area (Å²) in [5.74, 6) is -0.0402. The van der Waals surface area contributed by atoms with Gasteiger partial charge in [0.25, 0.3) is 5.56 Å². The Hall–Kier alpha value is -4.72. The summed E-state index contributed by atoms with van der Waals surface area (Å²) < 4.78 is 46.0. The minimum Gasteiger partial charge on any atom is -0.496 e. The van der Waals surface area contributed by atoms with Crippen molar-refractivity contribution in [2.45, 2.75) is 0 Å². The van der Waals surface area contributed by atoms with Crippen molar-refractivity contribution in [1.29, 1.82) is 0 Å². The van der Waals surface area contributed by atoms with Crippen LogP contribution in [0.4, 0.5) is 8.78 Å². The second kappa shape index (κ2) is 9.73. The van der Waals surface area contributed by atoms with Gasteiger partial charge in [0.05, 0.1) is 37.9 Å². The fraction of sp³-hybridized carbons (Fsp3) is 0.103. The van der Waals surface area contributed by atoms with E-state index in [1.165, 1.54) is 27.4 Å². The molecule has 0 atom stereocenters. The minimum atomic E-state index is -0.887. The summed E-state index contributed by atoms with van der Waals surface area (Å²) in [4.78, 5) is 18.4. The highest BCUT2D eigenvalue weighted by Crippen LogP contribution is 2.35. The van der Waals surface area contributed by atoms with Gasteiger partial charge in [0.15, 0.2) is 11.5 Å². The van der Waals surface area contributed by atoms with Crippen molar-refractivity contribution in [2.75, 3.05) is 21.3 Å². The number of methoxy groups -OCH3 is 3. The van der Waals surface area contributed by atoms with E-state index in [1.54, 1.807) is 30.4 Å². The lowest BCUT2D eigenvalue weighted by Gasteiger charge is -2.14. The molecule has 0 saturated carbocycles. The normalized spacial score (nSPS) is 11.4. The van der Waals surface area contributed by atoms with Gasteiger partial charge < -0.3 is 14.2 Å². The van der Waals surface area contributed by atoms with Crippen molar-refractivity contribution in [1.82, 2.24) is 9.55 Å². The first-order chi connectivity index (χ1) is 17.9. The summed E-state index contributed by atoms with van der Waals surface area (Å²) >= 11 is 0. The van der Waals surface area contributed by atoms with Crippen LogP contribution in [-0.2, 0) is 0 Å². The van der Waals surface area contributed by atoms with Gasteiger partial charge in [-0.25, -0.2) is 13.8 Å². The van der Waals surface area contributed by atoms with Crippen molar-refractivity contribution < 1.29 is 23.0 Å². The van der Waals surface area contributed by atoms with Crippen molar-refractivity contribution in [3.8, 4) is 22.9 Å². The van der Waals surface area contributed by atoms with Crippen molar-refractivity contribution in [2.24, 2.45) is 0 Å². The van der Waals surface area contributed by atoms with E-state index >= 15 is 0 Å². The van der Waals surface area contributed by atoms with Gasteiger partial charge in [-0.1, -0.05) is 24.3 Å². The fourth-order valence-electron chi connectivity index (χ4n) is 4.24. The molecule has 6 nitrogen and oxygen atoms in total. The van der Waals surface area contributed by atoms with Crippen molar-refractivity contribution in [3.05, 3.63) is 100 Å². The maximum atomic E-state index is 14.9. The quantitative estimate of drug-likeness (QED) is 0.267. The van der Waals surface area contributed by atoms with Crippen LogP contribution in [0, 0.1) is 11.6 Å². The first-order valence-corrected chi connectivity index (χ1v) is 11.3. The van der Waals surface area contributed by atoms with E-state index in [2.05, 4.69) is 0 Å². The number of rotatable bonds is 6. The highest BCUT2D eigenvalue weighted by atomic mass is 19.1. The van der Waals surface area contributed by atoms with Gasteiger partial charge >= 0.3 is 0 Å². The monoisotopic (exact) mass is 500 g/mol. The van der Waals surface area contributed by atoms with Crippen LogP contribution in [0.25, 0.3) is 39.5 Å². The van der Waals surface area contributed by atoms with Crippen molar-refractivity contribution >= 4 is 33.8 Å². The van der Waals surface area contributed by atoms with Crippen LogP contribution in [0.5, 0.6) is 17.2 Å². The SMILES string of the molecule is COc1cc(OC)c(OC)cc1/C=C/c1nc2cc3ccccc3cc2c(=O)n1-c1ccc(F)cc1F. The van der Waals surface area contributed by atoms with Gasteiger partial charge in [-0.05, 0) is 53.3 Å². The van der Waals surface area contributed by atoms with Crippen LogP contribution >= 0.6 is 0 Å². The molecule has 0 N–H and O–H groups in total. The molecule has 0 bridgehead atoms. The smallest absolute Gasteiger partial charge is 0.266 e. The molecule has 0 fully saturated rings. The van der Waals surface area contributed by atoms with Gasteiger partial charge in [-0.3, -0.25) is 9.36 Å². The zero-order valence-electron chi connectivity index (χ0n) is 20.3. The largest absolute Gasteiger partial charge is 0.496 e. The topological polar surface area (TPSA) is 62.6 Å². The fourth-order valence-corrected chi connectivity index (χ4v) is 4.24. The van der Waals surface area contributed by atoms with E-state index in [1.807, 2.05) is 30.3 Å². The molecule has 1 aromatic heterocycles. The molecule has 5 aromatic rings. The first kappa shape index (κ1) is 24.0. The lowest BCUT2D eigenvalue weighted by atomic mass is 10.1. The van der Waals surface area contributed by atoms with Gasteiger partial charge in [0.2, 0.25) is 0 Å². The van der Waals surface area contributed by atoms with E-state index in [9.17, 15) is 13.6 Å². The number of aromatic nitrogens is 2. The number of benzene rings is 4. The summed E-state index contributed by atoms with van der Waals surface area (Å²) in [5.41, 5.74) is 0.452. The van der Waals surface area contributed by atoms with Gasteiger partial charge in [0, 0.05) is 17.7 Å². The molecule has 8 heteroatoms. The molecule has 0 spiro atoms. The van der Waals surface area contributed by atoms with Crippen LogP contribution < -0.4 is 19.8 Å². The molecule has 0 saturated heterocycles. The minimum absolute atomic E-state index is 0.118. The Balaban J connectivity index is 1.78. The second-order valence-corrected chi connectivity index (χ2v) is 8.21. The molecule has 0 radical (unpaired) electrons. The van der Waals surface area contributed by atoms with Crippen LogP contribution in [0.2, 0.25) is 0 Å². The summed E-state index contributed by atoms with van der Waals surface area (Å²) in [6.07, 6.45) is 3.25. The maximum Gasteiger partial charge on any atom is 0.266 e. The Morgan fingerprint density at radius 1 is 0.784 bits per heavy atom. The van der Waals surface area contributed by atoms with E-state index in [4.69, 9.17) is 19.2 Å². The van der Waals surface area contributed by atoms with Gasteiger partial charge in [-0.15, -0.1) is 0 Å². The van der Waals surface area contributed by atoms with E-state index in [-0.39, 0.29) is 11.5 Å². The molecule has 0 aliphatic carbocycles. The van der Waals surface area contributed by atoms with Gasteiger partial charge in [0.1, 0.15) is 23.2 Å². The Morgan fingerprint density at radius 2 is 1.46 bits per heavy atom. The molecule has 0 unspecified atom stereocenters. The molecular weight excluding hydrogens is 478 g/mol. The summed E-state index contributed by atoms with van der Waals surface area (Å²) in [7, 11) is 4.55. The molecule has 0 aliphatic rings. The summed E-state index contributed by atoms with van der Waals surface area (Å²) in [6.45, 7) is 0. The zero-order valence-corrected chi connectivity index (χ0v) is 20.3. The standard InChI is InChI=1S/C29H22F2N2O4/c1-35-25-16-27(37-3)26(36-2)14-19(25)8-11-28-32-23-13-18-7-5-4-6-17(18)12-21(23)29(34)33(28)24-10-9-20(30)15-22(24)31/h4-16H,1-3H3/b11-8+. The molecule has 0 aliphatic heterocycles. The van der Waals surface area contributed by atoms with E-state index in [0.29, 0.717) is 33.7 Å². The van der Waals surface area contributed by atoms with Gasteiger partial charge in [-0.2, -0.15) is 0 Å². The molecule has 1 heterocycles. The number of ether oxygens (including phenoxy) is 3. The Labute approximate surface area is 211 Å². The Kier molecular flexibility index (Phi) is 6.31. The highest BCUT2D eigenvalue weighted by Gasteiger charge is 2.17. The van der Waals surface area contributed by atoms with Crippen LogP contribution in [-0.4, -0.2) is 30.9 Å². The third-order valence-corrected chi connectivity index (χ3v) is 6.06. The predicted molar refractivity (Wildman–Crippen MR) is 140 cm³/mol. The molecule has 37 heavy (non-hydrogen) atoms. The molecular formula is C29H22F2N2O4. The zero-order chi connectivity index (χ0) is 26.1. The van der Waals surface area contributed by atoms with Crippen molar-refractivity contribution in [3.63, 3.8) is 0 Å². The summed E-state index contributed by atoms with van der Waals surface area (Å²) in [6, 6.07) is 17.5. The number of nitrogens with zero attached hydrogens (tertiary/aromatic N) is 2. The van der Waals surface area contributed by atoms with E-state index < -0.39 is 17.2 Å². The summed E-state index contributed by atoms with van der Waals surface area (Å²) in [5, 5.41) is 2.06. The molecule has 4 aromatic carbocycles. The highest BCUT2D eigenvalue weighted by molar-refractivity contribution is 5.96. The number of hydrogen-bond acceptors (Lipinski definition) is 5. The molecule has 0 amide bonds. The number of hydrogen-bond donors (Lipinski definition) is 0. The predicted octanol–water partition coefficient (Wildman–Crippen LogP) is 6.01. The maximum absolute atomic E-state index is 14.9.